The zero-order valence-corrected chi connectivity index (χ0v) is 13.8. The van der Waals surface area contributed by atoms with E-state index in [4.69, 9.17) is 5.73 Å². The number of nitrogens with one attached hydrogen (secondary N) is 1. The van der Waals surface area contributed by atoms with Crippen LogP contribution in [0.15, 0.2) is 24.3 Å². The molecule has 1 fully saturated rings. The van der Waals surface area contributed by atoms with E-state index in [-0.39, 0.29) is 5.54 Å². The van der Waals surface area contributed by atoms with E-state index >= 15 is 0 Å². The monoisotopic (exact) mass is 286 g/mol. The lowest BCUT2D eigenvalue weighted by Gasteiger charge is -2.42. The Labute approximate surface area is 130 Å². The normalized spacial score (nSPS) is 31.6. The van der Waals surface area contributed by atoms with Crippen LogP contribution in [0.4, 0.5) is 0 Å². The predicted molar refractivity (Wildman–Crippen MR) is 90.8 cm³/mol. The number of fused-ring (bicyclic) bond motifs is 2. The van der Waals surface area contributed by atoms with Crippen LogP contribution in [0.1, 0.15) is 52.9 Å². The molecule has 2 heteroatoms. The highest BCUT2D eigenvalue weighted by molar-refractivity contribution is 5.33. The Morgan fingerprint density at radius 2 is 2.24 bits per heavy atom. The second-order valence-electron chi connectivity index (χ2n) is 6.71. The van der Waals surface area contributed by atoms with Gasteiger partial charge in [-0.1, -0.05) is 26.0 Å². The fourth-order valence-corrected chi connectivity index (χ4v) is 3.90. The lowest BCUT2D eigenvalue weighted by Crippen LogP contribution is -2.51. The Kier molecular flexibility index (Phi) is 5.30. The molecule has 0 saturated carbocycles. The van der Waals surface area contributed by atoms with Gasteiger partial charge in [-0.25, -0.2) is 0 Å². The largest absolute Gasteiger partial charge is 0.321 e. The Morgan fingerprint density at radius 3 is 2.86 bits per heavy atom. The van der Waals surface area contributed by atoms with E-state index in [1.54, 1.807) is 0 Å². The average molecular weight is 286 g/mol. The molecule has 21 heavy (non-hydrogen) atoms. The van der Waals surface area contributed by atoms with Gasteiger partial charge in [-0.15, -0.1) is 18.4 Å². The molecule has 4 unspecified atom stereocenters. The summed E-state index contributed by atoms with van der Waals surface area (Å²) in [6.45, 7) is 10.5. The SMILES string of the molecule is C=C[C@@H](CC)C1C(C(C)(N)CC#CCC)=CC2CCC1N2. The van der Waals surface area contributed by atoms with E-state index in [9.17, 15) is 0 Å². The molecule has 0 aliphatic carbocycles. The lowest BCUT2D eigenvalue weighted by molar-refractivity contribution is 0.292. The van der Waals surface area contributed by atoms with Crippen molar-refractivity contribution in [2.45, 2.75) is 70.5 Å². The van der Waals surface area contributed by atoms with E-state index < -0.39 is 0 Å². The van der Waals surface area contributed by atoms with E-state index in [1.165, 1.54) is 18.4 Å². The summed E-state index contributed by atoms with van der Waals surface area (Å²) in [6, 6.07) is 1.06. The molecule has 3 N–H and O–H groups in total. The summed E-state index contributed by atoms with van der Waals surface area (Å²) in [5, 5.41) is 3.74. The summed E-state index contributed by atoms with van der Waals surface area (Å²) in [5.41, 5.74) is 7.77. The van der Waals surface area contributed by atoms with Crippen LogP contribution < -0.4 is 11.1 Å². The van der Waals surface area contributed by atoms with Gasteiger partial charge in [-0.05, 0) is 37.7 Å². The van der Waals surface area contributed by atoms with Gasteiger partial charge in [0, 0.05) is 36.4 Å². The Bertz CT molecular complexity index is 464. The lowest BCUT2D eigenvalue weighted by atomic mass is 9.70. The minimum absolute atomic E-state index is 0.327. The molecule has 0 aromatic carbocycles. The highest BCUT2D eigenvalue weighted by Gasteiger charge is 2.43. The maximum atomic E-state index is 6.69. The van der Waals surface area contributed by atoms with Crippen molar-refractivity contribution in [1.29, 1.82) is 0 Å². The zero-order valence-electron chi connectivity index (χ0n) is 13.8. The predicted octanol–water partition coefficient (Wildman–Crippen LogP) is 3.40. The first-order valence-electron chi connectivity index (χ1n) is 8.38. The molecule has 2 heterocycles. The van der Waals surface area contributed by atoms with Crippen molar-refractivity contribution in [3.63, 3.8) is 0 Å². The van der Waals surface area contributed by atoms with Gasteiger partial charge in [0.2, 0.25) is 0 Å². The number of nitrogens with two attached hydrogens (primary N) is 1. The van der Waals surface area contributed by atoms with Crippen LogP contribution >= 0.6 is 0 Å². The Hall–Kier alpha value is -1.04. The third-order valence-electron chi connectivity index (χ3n) is 5.04. The Morgan fingerprint density at radius 1 is 1.48 bits per heavy atom. The van der Waals surface area contributed by atoms with Gasteiger partial charge in [-0.3, -0.25) is 0 Å². The first-order chi connectivity index (χ1) is 10.0. The van der Waals surface area contributed by atoms with Gasteiger partial charge in [0.15, 0.2) is 0 Å². The van der Waals surface area contributed by atoms with Gasteiger partial charge in [0.25, 0.3) is 0 Å². The molecule has 2 nitrogen and oxygen atoms in total. The van der Waals surface area contributed by atoms with Crippen molar-refractivity contribution in [3.8, 4) is 11.8 Å². The number of rotatable bonds is 5. The quantitative estimate of drug-likeness (QED) is 0.600. The third kappa shape index (κ3) is 3.42. The van der Waals surface area contributed by atoms with Crippen LogP contribution in [0.2, 0.25) is 0 Å². The van der Waals surface area contributed by atoms with E-state index in [0.717, 1.165) is 19.3 Å². The number of allylic oxidation sites excluding steroid dienone is 1. The van der Waals surface area contributed by atoms with Crippen molar-refractivity contribution < 1.29 is 0 Å². The summed E-state index contributed by atoms with van der Waals surface area (Å²) >= 11 is 0. The van der Waals surface area contributed by atoms with Crippen molar-refractivity contribution in [2.75, 3.05) is 0 Å². The summed E-state index contributed by atoms with van der Waals surface area (Å²) < 4.78 is 0. The molecule has 0 radical (unpaired) electrons. The van der Waals surface area contributed by atoms with Crippen molar-refractivity contribution in [3.05, 3.63) is 24.3 Å². The molecule has 5 atom stereocenters. The molecule has 0 spiro atoms. The first kappa shape index (κ1) is 16.3. The van der Waals surface area contributed by atoms with Crippen LogP contribution in [0.25, 0.3) is 0 Å². The van der Waals surface area contributed by atoms with E-state index in [2.05, 4.69) is 56.7 Å². The molecule has 2 aliphatic heterocycles. The molecule has 2 rings (SSSR count). The fourth-order valence-electron chi connectivity index (χ4n) is 3.90. The van der Waals surface area contributed by atoms with Gasteiger partial charge in [0.05, 0.1) is 0 Å². The van der Waals surface area contributed by atoms with Crippen LogP contribution in [-0.2, 0) is 0 Å². The number of hydrogen-bond acceptors (Lipinski definition) is 2. The topological polar surface area (TPSA) is 38.0 Å². The number of hydrogen-bond donors (Lipinski definition) is 2. The minimum Gasteiger partial charge on any atom is -0.321 e. The third-order valence-corrected chi connectivity index (χ3v) is 5.04. The summed E-state index contributed by atoms with van der Waals surface area (Å²) in [4.78, 5) is 0. The summed E-state index contributed by atoms with van der Waals surface area (Å²) in [7, 11) is 0. The molecule has 0 aromatic rings. The molecule has 2 aliphatic rings. The maximum Gasteiger partial charge on any atom is 0.0455 e. The smallest absolute Gasteiger partial charge is 0.0455 e. The summed E-state index contributed by atoms with van der Waals surface area (Å²) in [5.74, 6) is 7.39. The standard InChI is InChI=1S/C19H30N2/c1-5-8-9-12-19(4,20)16-13-15-10-11-17(21-15)18(16)14(6-2)7-3/h6,13-15,17-18,21H,2,5,7,10-12,20H2,1,3-4H3/t14-,15?,17?,18?,19?/m0/s1. The minimum atomic E-state index is -0.327. The van der Waals surface area contributed by atoms with Crippen molar-refractivity contribution >= 4 is 0 Å². The van der Waals surface area contributed by atoms with Crippen molar-refractivity contribution in [2.24, 2.45) is 17.6 Å². The first-order valence-corrected chi connectivity index (χ1v) is 8.38. The second-order valence-corrected chi connectivity index (χ2v) is 6.71. The van der Waals surface area contributed by atoms with E-state index in [0.29, 0.717) is 23.9 Å². The Balaban J connectivity index is 2.30. The molecule has 0 aromatic heterocycles. The van der Waals surface area contributed by atoms with E-state index in [1.807, 2.05) is 0 Å². The van der Waals surface area contributed by atoms with Gasteiger partial charge < -0.3 is 11.1 Å². The molecule has 1 saturated heterocycles. The zero-order chi connectivity index (χ0) is 15.5. The fraction of sp³-hybridized carbons (Fsp3) is 0.684. The maximum absolute atomic E-state index is 6.69. The molecular weight excluding hydrogens is 256 g/mol. The van der Waals surface area contributed by atoms with Crippen molar-refractivity contribution in [1.82, 2.24) is 5.32 Å². The van der Waals surface area contributed by atoms with Crippen LogP contribution in [0.5, 0.6) is 0 Å². The van der Waals surface area contributed by atoms with Crippen LogP contribution in [0, 0.1) is 23.7 Å². The van der Waals surface area contributed by atoms with Gasteiger partial charge >= 0.3 is 0 Å². The second kappa shape index (κ2) is 6.81. The molecule has 2 bridgehead atoms. The highest BCUT2D eigenvalue weighted by Crippen LogP contribution is 2.42. The van der Waals surface area contributed by atoms with Crippen LogP contribution in [-0.4, -0.2) is 17.6 Å². The van der Waals surface area contributed by atoms with Gasteiger partial charge in [0.1, 0.15) is 0 Å². The highest BCUT2D eigenvalue weighted by atomic mass is 15.0. The van der Waals surface area contributed by atoms with Crippen LogP contribution in [0.3, 0.4) is 0 Å². The molecular formula is C19H30N2. The molecule has 116 valence electrons. The summed E-state index contributed by atoms with van der Waals surface area (Å²) in [6.07, 6.45) is 9.75. The average Bonchev–Trinajstić information content (AvgIpc) is 2.84. The van der Waals surface area contributed by atoms with Gasteiger partial charge in [-0.2, -0.15) is 0 Å². The molecule has 0 amide bonds.